The van der Waals surface area contributed by atoms with Crippen LogP contribution in [0, 0.1) is 0 Å². The Morgan fingerprint density at radius 1 is 0.789 bits per heavy atom. The second kappa shape index (κ2) is 7.48. The molecule has 0 unspecified atom stereocenters. The summed E-state index contributed by atoms with van der Waals surface area (Å²) in [5.41, 5.74) is 1.47. The van der Waals surface area contributed by atoms with E-state index >= 15 is 0 Å². The zero-order chi connectivity index (χ0) is 14.3. The summed E-state index contributed by atoms with van der Waals surface area (Å²) in [6.07, 6.45) is 0. The minimum absolute atomic E-state index is 0.0752. The van der Waals surface area contributed by atoms with Gasteiger partial charge in [0.2, 0.25) is 6.69 Å². The van der Waals surface area contributed by atoms with Crippen LogP contribution in [0.3, 0.4) is 0 Å². The average molecular weight is 311 g/mol. The van der Waals surface area contributed by atoms with E-state index in [2.05, 4.69) is 0 Å². The SMILES string of the molecule is C[Si](C)(Cl)Cl.O=C(c1ccccc1)c1ccccc1. The van der Waals surface area contributed by atoms with Crippen LogP contribution in [0.1, 0.15) is 15.9 Å². The van der Waals surface area contributed by atoms with Gasteiger partial charge in [-0.15, -0.1) is 22.2 Å². The number of carbonyl (C=O) groups is 1. The summed E-state index contributed by atoms with van der Waals surface area (Å²) in [7, 11) is 0. The Bertz CT molecular complexity index is 459. The summed E-state index contributed by atoms with van der Waals surface area (Å²) in [6.45, 7) is 2.05. The van der Waals surface area contributed by atoms with Crippen molar-refractivity contribution in [2.75, 3.05) is 0 Å². The fourth-order valence-electron chi connectivity index (χ4n) is 1.35. The first kappa shape index (κ1) is 16.0. The fourth-order valence-corrected chi connectivity index (χ4v) is 1.35. The van der Waals surface area contributed by atoms with E-state index in [0.717, 1.165) is 11.1 Å². The predicted octanol–water partition coefficient (Wildman–Crippen LogP) is 5.08. The molecule has 0 aromatic heterocycles. The van der Waals surface area contributed by atoms with Crippen LogP contribution in [0.5, 0.6) is 0 Å². The third-order valence-electron chi connectivity index (χ3n) is 2.07. The van der Waals surface area contributed by atoms with Crippen molar-refractivity contribution in [2.24, 2.45) is 0 Å². The van der Waals surface area contributed by atoms with Crippen LogP contribution >= 0.6 is 22.2 Å². The van der Waals surface area contributed by atoms with E-state index in [1.807, 2.05) is 73.8 Å². The van der Waals surface area contributed by atoms with Crippen LogP contribution < -0.4 is 0 Å². The maximum absolute atomic E-state index is 11.8. The maximum atomic E-state index is 11.8. The van der Waals surface area contributed by atoms with Gasteiger partial charge in [0.15, 0.2) is 5.78 Å². The van der Waals surface area contributed by atoms with E-state index in [-0.39, 0.29) is 5.78 Å². The highest BCUT2D eigenvalue weighted by molar-refractivity contribution is 7.44. The zero-order valence-electron chi connectivity index (χ0n) is 10.9. The van der Waals surface area contributed by atoms with E-state index in [9.17, 15) is 4.79 Å². The van der Waals surface area contributed by atoms with Crippen molar-refractivity contribution >= 4 is 34.6 Å². The van der Waals surface area contributed by atoms with Crippen molar-refractivity contribution in [1.29, 1.82) is 0 Å². The number of ketones is 1. The lowest BCUT2D eigenvalue weighted by Gasteiger charge is -1.99. The predicted molar refractivity (Wildman–Crippen MR) is 85.5 cm³/mol. The highest BCUT2D eigenvalue weighted by Gasteiger charge is 2.09. The van der Waals surface area contributed by atoms with Gasteiger partial charge >= 0.3 is 0 Å². The van der Waals surface area contributed by atoms with Crippen molar-refractivity contribution in [3.8, 4) is 0 Å². The molecular weight excluding hydrogens is 295 g/mol. The first-order chi connectivity index (χ1) is 8.88. The largest absolute Gasteiger partial charge is 0.289 e. The van der Waals surface area contributed by atoms with E-state index < -0.39 is 6.69 Å². The zero-order valence-corrected chi connectivity index (χ0v) is 13.4. The first-order valence-electron chi connectivity index (χ1n) is 5.90. The van der Waals surface area contributed by atoms with E-state index in [4.69, 9.17) is 22.2 Å². The molecule has 0 radical (unpaired) electrons. The Kier molecular flexibility index (Phi) is 6.29. The summed E-state index contributed by atoms with van der Waals surface area (Å²) in [4.78, 5) is 11.8. The molecule has 0 saturated carbocycles. The molecular formula is C15H16Cl2OSi. The fraction of sp³-hybridized carbons (Fsp3) is 0.133. The van der Waals surface area contributed by atoms with Crippen molar-refractivity contribution in [2.45, 2.75) is 13.1 Å². The second-order valence-electron chi connectivity index (χ2n) is 4.39. The summed E-state index contributed by atoms with van der Waals surface area (Å²) < 4.78 is 0. The van der Waals surface area contributed by atoms with Crippen LogP contribution in [0.25, 0.3) is 0 Å². The van der Waals surface area contributed by atoms with Gasteiger partial charge in [0.1, 0.15) is 0 Å². The van der Waals surface area contributed by atoms with E-state index in [1.54, 1.807) is 0 Å². The van der Waals surface area contributed by atoms with E-state index in [0.29, 0.717) is 0 Å². The van der Waals surface area contributed by atoms with Crippen molar-refractivity contribution in [3.05, 3.63) is 71.8 Å². The summed E-state index contributed by atoms with van der Waals surface area (Å²) in [5.74, 6) is 0.0752. The second-order valence-corrected chi connectivity index (χ2v) is 13.3. The number of hydrogen-bond donors (Lipinski definition) is 0. The highest BCUT2D eigenvalue weighted by Crippen LogP contribution is 2.10. The van der Waals surface area contributed by atoms with Crippen LogP contribution in [0.15, 0.2) is 60.7 Å². The maximum Gasteiger partial charge on any atom is 0.245 e. The van der Waals surface area contributed by atoms with Gasteiger partial charge in [-0.2, -0.15) is 0 Å². The molecule has 0 heterocycles. The monoisotopic (exact) mass is 310 g/mol. The first-order valence-corrected chi connectivity index (χ1v) is 10.9. The van der Waals surface area contributed by atoms with Gasteiger partial charge in [-0.3, -0.25) is 4.79 Å². The molecule has 0 amide bonds. The van der Waals surface area contributed by atoms with Crippen molar-refractivity contribution in [3.63, 3.8) is 0 Å². The smallest absolute Gasteiger partial charge is 0.245 e. The number of hydrogen-bond acceptors (Lipinski definition) is 1. The Labute approximate surface area is 124 Å². The molecule has 19 heavy (non-hydrogen) atoms. The minimum atomic E-state index is -1.67. The quantitative estimate of drug-likeness (QED) is 0.429. The molecule has 0 atom stereocenters. The highest BCUT2D eigenvalue weighted by atomic mass is 35.7. The van der Waals surface area contributed by atoms with Crippen LogP contribution in [-0.4, -0.2) is 12.5 Å². The molecule has 0 fully saturated rings. The third kappa shape index (κ3) is 7.16. The summed E-state index contributed by atoms with van der Waals surface area (Å²) in [5, 5.41) is 0. The molecule has 2 rings (SSSR count). The van der Waals surface area contributed by atoms with Crippen LogP contribution in [0.2, 0.25) is 13.1 Å². The standard InChI is InChI=1S/C13H10O.C2H6Cl2Si/c14-13(11-7-3-1-4-8-11)12-9-5-2-6-10-12;1-5(2,3)4/h1-10H;1-2H3. The van der Waals surface area contributed by atoms with Crippen LogP contribution in [0.4, 0.5) is 0 Å². The molecule has 0 N–H and O–H groups in total. The number of carbonyl (C=O) groups excluding carboxylic acids is 1. The molecule has 4 heteroatoms. The summed E-state index contributed by atoms with van der Waals surface area (Å²) in [6, 6.07) is 18.6. The Balaban J connectivity index is 0.000000312. The number of rotatable bonds is 2. The summed E-state index contributed by atoms with van der Waals surface area (Å²) >= 11 is 10.9. The molecule has 100 valence electrons. The molecule has 0 spiro atoms. The topological polar surface area (TPSA) is 17.1 Å². The van der Waals surface area contributed by atoms with Crippen molar-refractivity contribution < 1.29 is 4.79 Å². The van der Waals surface area contributed by atoms with Gasteiger partial charge in [-0.05, 0) is 13.1 Å². The third-order valence-corrected chi connectivity index (χ3v) is 2.07. The number of halogens is 2. The van der Waals surface area contributed by atoms with Gasteiger partial charge in [0, 0.05) is 11.1 Å². The van der Waals surface area contributed by atoms with Gasteiger partial charge in [0.05, 0.1) is 0 Å². The molecule has 2 aromatic carbocycles. The molecule has 2 aromatic rings. The Morgan fingerprint density at radius 3 is 1.32 bits per heavy atom. The normalized spacial score (nSPS) is 10.3. The van der Waals surface area contributed by atoms with Gasteiger partial charge in [-0.1, -0.05) is 60.7 Å². The minimum Gasteiger partial charge on any atom is -0.289 e. The molecule has 0 aliphatic carbocycles. The number of benzene rings is 2. The Hall–Kier alpha value is -1.09. The molecule has 0 aliphatic rings. The molecule has 0 saturated heterocycles. The van der Waals surface area contributed by atoms with E-state index in [1.165, 1.54) is 0 Å². The molecule has 0 aliphatic heterocycles. The van der Waals surface area contributed by atoms with Crippen LogP contribution in [-0.2, 0) is 0 Å². The lowest BCUT2D eigenvalue weighted by molar-refractivity contribution is 0.103. The van der Waals surface area contributed by atoms with Crippen molar-refractivity contribution in [1.82, 2.24) is 0 Å². The van der Waals surface area contributed by atoms with Gasteiger partial charge in [0.25, 0.3) is 0 Å². The van der Waals surface area contributed by atoms with Gasteiger partial charge in [-0.25, -0.2) is 0 Å². The molecule has 1 nitrogen and oxygen atoms in total. The van der Waals surface area contributed by atoms with Gasteiger partial charge < -0.3 is 0 Å². The lowest BCUT2D eigenvalue weighted by Crippen LogP contribution is -2.02. The Morgan fingerprint density at radius 2 is 1.05 bits per heavy atom. The average Bonchev–Trinajstić information content (AvgIpc) is 2.38. The lowest BCUT2D eigenvalue weighted by atomic mass is 10.0. The molecule has 0 bridgehead atoms.